The van der Waals surface area contributed by atoms with Crippen molar-refractivity contribution in [3.63, 3.8) is 0 Å². The van der Waals surface area contributed by atoms with Crippen LogP contribution in [0.2, 0.25) is 0 Å². The molecule has 0 saturated carbocycles. The minimum absolute atomic E-state index is 0.216. The molecule has 0 N–H and O–H groups in total. The first-order valence-electron chi connectivity index (χ1n) is 2.96. The van der Waals surface area contributed by atoms with E-state index in [9.17, 15) is 9.59 Å². The molecular formula is C6H9BrO3. The standard InChI is InChI=1S/C6H9BrO3/c7-5-6(9)10-4-2-1-3-8/h3H,1-2,4-5H2. The Hall–Kier alpha value is -0.380. The normalized spacial score (nSPS) is 8.90. The molecule has 0 heterocycles. The first kappa shape index (κ1) is 9.62. The topological polar surface area (TPSA) is 43.4 Å². The fourth-order valence-electron chi connectivity index (χ4n) is 0.391. The SMILES string of the molecule is O=CCCCOC(=O)CBr. The first-order chi connectivity index (χ1) is 4.81. The number of esters is 1. The van der Waals surface area contributed by atoms with Crippen molar-refractivity contribution in [1.82, 2.24) is 0 Å². The average molecular weight is 209 g/mol. The van der Waals surface area contributed by atoms with E-state index in [0.717, 1.165) is 6.29 Å². The van der Waals surface area contributed by atoms with Gasteiger partial charge >= 0.3 is 5.97 Å². The van der Waals surface area contributed by atoms with E-state index in [1.54, 1.807) is 0 Å². The highest BCUT2D eigenvalue weighted by Gasteiger charge is 1.96. The van der Waals surface area contributed by atoms with E-state index < -0.39 is 0 Å². The summed E-state index contributed by atoms with van der Waals surface area (Å²) in [7, 11) is 0. The highest BCUT2D eigenvalue weighted by Crippen LogP contribution is 1.89. The Kier molecular flexibility index (Phi) is 6.48. The van der Waals surface area contributed by atoms with E-state index >= 15 is 0 Å². The fourth-order valence-corrected chi connectivity index (χ4v) is 0.553. The lowest BCUT2D eigenvalue weighted by atomic mass is 10.3. The van der Waals surface area contributed by atoms with Gasteiger partial charge in [-0.25, -0.2) is 0 Å². The molecule has 10 heavy (non-hydrogen) atoms. The van der Waals surface area contributed by atoms with Crippen LogP contribution in [0.4, 0.5) is 0 Å². The van der Waals surface area contributed by atoms with Gasteiger partial charge in [-0.15, -0.1) is 0 Å². The zero-order valence-electron chi connectivity index (χ0n) is 5.51. The van der Waals surface area contributed by atoms with Gasteiger partial charge in [-0.05, 0) is 6.42 Å². The lowest BCUT2D eigenvalue weighted by Crippen LogP contribution is -2.06. The van der Waals surface area contributed by atoms with Crippen LogP contribution in [0.15, 0.2) is 0 Å². The van der Waals surface area contributed by atoms with E-state index in [1.165, 1.54) is 0 Å². The Morgan fingerprint density at radius 3 is 2.80 bits per heavy atom. The van der Waals surface area contributed by atoms with Crippen LogP contribution < -0.4 is 0 Å². The zero-order chi connectivity index (χ0) is 7.82. The average Bonchev–Trinajstić information content (AvgIpc) is 1.98. The molecule has 0 aliphatic rings. The molecule has 0 aromatic rings. The minimum Gasteiger partial charge on any atom is -0.465 e. The molecule has 0 saturated heterocycles. The Balaban J connectivity index is 3.03. The third-order valence-electron chi connectivity index (χ3n) is 0.838. The van der Waals surface area contributed by atoms with E-state index in [0.29, 0.717) is 19.4 Å². The maximum atomic E-state index is 10.4. The maximum Gasteiger partial charge on any atom is 0.316 e. The van der Waals surface area contributed by atoms with E-state index in [1.807, 2.05) is 0 Å². The van der Waals surface area contributed by atoms with Crippen LogP contribution in [0.3, 0.4) is 0 Å². The molecule has 0 unspecified atom stereocenters. The fraction of sp³-hybridized carbons (Fsp3) is 0.667. The largest absolute Gasteiger partial charge is 0.465 e. The molecule has 0 aromatic carbocycles. The van der Waals surface area contributed by atoms with Crippen LogP contribution in [0.1, 0.15) is 12.8 Å². The lowest BCUT2D eigenvalue weighted by Gasteiger charge is -1.98. The van der Waals surface area contributed by atoms with Gasteiger partial charge in [0.25, 0.3) is 0 Å². The van der Waals surface area contributed by atoms with Gasteiger partial charge in [0.15, 0.2) is 0 Å². The molecule has 58 valence electrons. The number of carbonyl (C=O) groups is 2. The number of hydrogen-bond donors (Lipinski definition) is 0. The van der Waals surface area contributed by atoms with Crippen LogP contribution in [0.25, 0.3) is 0 Å². The summed E-state index contributed by atoms with van der Waals surface area (Å²) in [5, 5.41) is 0.216. The summed E-state index contributed by atoms with van der Waals surface area (Å²) < 4.78 is 4.65. The van der Waals surface area contributed by atoms with Crippen molar-refractivity contribution in [2.75, 3.05) is 11.9 Å². The van der Waals surface area contributed by atoms with Crippen molar-refractivity contribution in [2.24, 2.45) is 0 Å². The number of alkyl halides is 1. The Labute approximate surface area is 67.9 Å². The highest BCUT2D eigenvalue weighted by atomic mass is 79.9. The Morgan fingerprint density at radius 1 is 1.60 bits per heavy atom. The number of unbranched alkanes of at least 4 members (excludes halogenated alkanes) is 1. The molecule has 0 spiro atoms. The van der Waals surface area contributed by atoms with Crippen molar-refractivity contribution < 1.29 is 14.3 Å². The molecule has 0 aliphatic carbocycles. The summed E-state index contributed by atoms with van der Waals surface area (Å²) in [4.78, 5) is 20.2. The third-order valence-corrected chi connectivity index (χ3v) is 1.30. The molecule has 0 radical (unpaired) electrons. The van der Waals surface area contributed by atoms with E-state index in [-0.39, 0.29) is 11.3 Å². The number of halogens is 1. The molecule has 0 amide bonds. The van der Waals surface area contributed by atoms with Crippen molar-refractivity contribution >= 4 is 28.2 Å². The number of hydrogen-bond acceptors (Lipinski definition) is 3. The predicted molar refractivity (Wildman–Crippen MR) is 40.1 cm³/mol. The van der Waals surface area contributed by atoms with Crippen molar-refractivity contribution in [1.29, 1.82) is 0 Å². The maximum absolute atomic E-state index is 10.4. The molecule has 0 bridgehead atoms. The first-order valence-corrected chi connectivity index (χ1v) is 4.08. The Bertz CT molecular complexity index is 114. The second-order valence-corrected chi connectivity index (χ2v) is 2.22. The number of rotatable bonds is 5. The molecule has 0 rings (SSSR count). The summed E-state index contributed by atoms with van der Waals surface area (Å²) in [6.07, 6.45) is 1.87. The van der Waals surface area contributed by atoms with Crippen molar-refractivity contribution in [3.8, 4) is 0 Å². The third kappa shape index (κ3) is 5.75. The van der Waals surface area contributed by atoms with Crippen LogP contribution in [-0.4, -0.2) is 24.2 Å². The summed E-state index contributed by atoms with van der Waals surface area (Å²) in [6.45, 7) is 0.336. The smallest absolute Gasteiger partial charge is 0.316 e. The summed E-state index contributed by atoms with van der Waals surface area (Å²) >= 11 is 2.94. The van der Waals surface area contributed by atoms with Gasteiger partial charge in [0.2, 0.25) is 0 Å². The van der Waals surface area contributed by atoms with Crippen LogP contribution in [0.5, 0.6) is 0 Å². The number of carbonyl (C=O) groups excluding carboxylic acids is 2. The molecule has 3 nitrogen and oxygen atoms in total. The zero-order valence-corrected chi connectivity index (χ0v) is 7.09. The van der Waals surface area contributed by atoms with Crippen LogP contribution in [-0.2, 0) is 14.3 Å². The monoisotopic (exact) mass is 208 g/mol. The quantitative estimate of drug-likeness (QED) is 0.292. The minimum atomic E-state index is -0.286. The van der Waals surface area contributed by atoms with Crippen molar-refractivity contribution in [2.45, 2.75) is 12.8 Å². The summed E-state index contributed by atoms with van der Waals surface area (Å²) in [6, 6.07) is 0. The van der Waals surface area contributed by atoms with Crippen LogP contribution >= 0.6 is 15.9 Å². The van der Waals surface area contributed by atoms with Gasteiger partial charge in [0.05, 0.1) is 6.61 Å². The lowest BCUT2D eigenvalue weighted by molar-refractivity contribution is -0.140. The molecule has 4 heteroatoms. The molecule has 0 atom stereocenters. The molecular weight excluding hydrogens is 200 g/mol. The predicted octanol–water partition coefficient (Wildman–Crippen LogP) is 0.904. The van der Waals surface area contributed by atoms with E-state index in [2.05, 4.69) is 20.7 Å². The second-order valence-electron chi connectivity index (χ2n) is 1.66. The van der Waals surface area contributed by atoms with Gasteiger partial charge in [-0.3, -0.25) is 4.79 Å². The highest BCUT2D eigenvalue weighted by molar-refractivity contribution is 9.09. The van der Waals surface area contributed by atoms with Gasteiger partial charge in [-0.1, -0.05) is 15.9 Å². The molecule has 0 aliphatic heterocycles. The summed E-state index contributed by atoms with van der Waals surface area (Å²) in [5.74, 6) is -0.286. The summed E-state index contributed by atoms with van der Waals surface area (Å²) in [5.41, 5.74) is 0. The molecule has 0 fully saturated rings. The van der Waals surface area contributed by atoms with Gasteiger partial charge in [-0.2, -0.15) is 0 Å². The van der Waals surface area contributed by atoms with E-state index in [4.69, 9.17) is 0 Å². The number of aldehydes is 1. The van der Waals surface area contributed by atoms with Crippen molar-refractivity contribution in [3.05, 3.63) is 0 Å². The van der Waals surface area contributed by atoms with Gasteiger partial charge < -0.3 is 9.53 Å². The Morgan fingerprint density at radius 2 is 2.30 bits per heavy atom. The van der Waals surface area contributed by atoms with Gasteiger partial charge in [0.1, 0.15) is 11.6 Å². The number of ether oxygens (including phenoxy) is 1. The van der Waals surface area contributed by atoms with Crippen LogP contribution in [0, 0.1) is 0 Å². The van der Waals surface area contributed by atoms with Gasteiger partial charge in [0, 0.05) is 6.42 Å². The molecule has 0 aromatic heterocycles. The second kappa shape index (κ2) is 6.74.